The molecule has 1 amide bonds. The van der Waals surface area contributed by atoms with Crippen molar-refractivity contribution < 1.29 is 4.79 Å². The zero-order chi connectivity index (χ0) is 10.7. The summed E-state index contributed by atoms with van der Waals surface area (Å²) in [6.45, 7) is 0. The van der Waals surface area contributed by atoms with Crippen molar-refractivity contribution in [1.82, 2.24) is 9.97 Å². The molecule has 0 saturated heterocycles. The highest BCUT2D eigenvalue weighted by Crippen LogP contribution is 2.16. The van der Waals surface area contributed by atoms with Crippen LogP contribution < -0.4 is 5.32 Å². The highest BCUT2D eigenvalue weighted by molar-refractivity contribution is 9.11. The first-order chi connectivity index (χ1) is 7.25. The summed E-state index contributed by atoms with van der Waals surface area (Å²) < 4.78 is 0.693. The van der Waals surface area contributed by atoms with Gasteiger partial charge in [0.2, 0.25) is 0 Å². The van der Waals surface area contributed by atoms with Gasteiger partial charge in [0.1, 0.15) is 5.69 Å². The van der Waals surface area contributed by atoms with E-state index in [9.17, 15) is 4.79 Å². The predicted octanol–water partition coefficient (Wildman–Crippen LogP) is 2.55. The van der Waals surface area contributed by atoms with Crippen molar-refractivity contribution in [2.75, 3.05) is 5.32 Å². The number of carbonyl (C=O) groups excluding carboxylic acids is 1. The molecule has 0 aliphatic heterocycles. The van der Waals surface area contributed by atoms with Crippen molar-refractivity contribution in [1.29, 1.82) is 0 Å². The van der Waals surface area contributed by atoms with Crippen LogP contribution in [0, 0.1) is 0 Å². The van der Waals surface area contributed by atoms with Gasteiger partial charge in [0.25, 0.3) is 5.91 Å². The second-order valence-corrected chi connectivity index (χ2v) is 4.82. The fraction of sp³-hybridized carbons (Fsp3) is 0. The van der Waals surface area contributed by atoms with Crippen molar-refractivity contribution in [2.24, 2.45) is 0 Å². The number of hydrogen-bond acceptors (Lipinski definition) is 4. The minimum Gasteiger partial charge on any atom is -0.319 e. The van der Waals surface area contributed by atoms with E-state index in [0.717, 1.165) is 0 Å². The summed E-state index contributed by atoms with van der Waals surface area (Å²) in [5, 5.41) is 4.38. The number of rotatable bonds is 2. The normalized spacial score (nSPS) is 9.93. The number of halogens is 1. The third-order valence-corrected chi connectivity index (χ3v) is 2.99. The van der Waals surface area contributed by atoms with Crippen molar-refractivity contribution >= 4 is 38.9 Å². The molecule has 2 aromatic rings. The summed E-state index contributed by atoms with van der Waals surface area (Å²) in [6, 6.07) is 3.53. The molecule has 76 valence electrons. The Morgan fingerprint density at radius 3 is 3.00 bits per heavy atom. The molecule has 0 aliphatic carbocycles. The second kappa shape index (κ2) is 4.50. The average Bonchev–Trinajstić information content (AvgIpc) is 2.66. The molecule has 0 aromatic carbocycles. The van der Waals surface area contributed by atoms with Gasteiger partial charge in [-0.2, -0.15) is 0 Å². The predicted molar refractivity (Wildman–Crippen MR) is 62.0 cm³/mol. The number of amides is 1. The van der Waals surface area contributed by atoms with Gasteiger partial charge in [0.15, 0.2) is 3.92 Å². The molecule has 2 heterocycles. The quantitative estimate of drug-likeness (QED) is 0.922. The lowest BCUT2D eigenvalue weighted by atomic mass is 10.4. The van der Waals surface area contributed by atoms with E-state index in [2.05, 4.69) is 31.2 Å². The topological polar surface area (TPSA) is 54.9 Å². The Hall–Kier alpha value is -1.27. The van der Waals surface area contributed by atoms with E-state index in [1.165, 1.54) is 11.3 Å². The molecule has 0 unspecified atom stereocenters. The molecule has 0 aliphatic rings. The molecule has 0 atom stereocenters. The highest BCUT2D eigenvalue weighted by Gasteiger charge is 2.09. The van der Waals surface area contributed by atoms with Crippen molar-refractivity contribution in [3.63, 3.8) is 0 Å². The SMILES string of the molecule is O=C(Nc1cccnc1)c1csc(Br)n1. The Morgan fingerprint density at radius 2 is 2.40 bits per heavy atom. The van der Waals surface area contributed by atoms with Gasteiger partial charge in [-0.15, -0.1) is 11.3 Å². The van der Waals surface area contributed by atoms with Gasteiger partial charge in [-0.1, -0.05) is 0 Å². The van der Waals surface area contributed by atoms with Gasteiger partial charge in [0, 0.05) is 11.6 Å². The Bertz CT molecular complexity index is 471. The molecule has 6 heteroatoms. The number of hydrogen-bond donors (Lipinski definition) is 1. The van der Waals surface area contributed by atoms with E-state index in [-0.39, 0.29) is 5.91 Å². The standard InChI is InChI=1S/C9H6BrN3OS/c10-9-13-7(5-15-9)8(14)12-6-2-1-3-11-4-6/h1-5H,(H,12,14). The monoisotopic (exact) mass is 283 g/mol. The maximum Gasteiger partial charge on any atom is 0.275 e. The van der Waals surface area contributed by atoms with Crippen LogP contribution in [-0.2, 0) is 0 Å². The fourth-order valence-corrected chi connectivity index (χ4v) is 1.98. The van der Waals surface area contributed by atoms with Crippen molar-refractivity contribution in [3.8, 4) is 0 Å². The Morgan fingerprint density at radius 1 is 1.53 bits per heavy atom. The lowest BCUT2D eigenvalue weighted by Crippen LogP contribution is -2.12. The summed E-state index contributed by atoms with van der Waals surface area (Å²) in [6.07, 6.45) is 3.23. The first kappa shape index (κ1) is 10.3. The van der Waals surface area contributed by atoms with Crippen LogP contribution in [0.25, 0.3) is 0 Å². The van der Waals surface area contributed by atoms with Gasteiger partial charge in [-0.05, 0) is 28.1 Å². The van der Waals surface area contributed by atoms with E-state index >= 15 is 0 Å². The molecule has 1 N–H and O–H groups in total. The second-order valence-electron chi connectivity index (χ2n) is 2.68. The van der Waals surface area contributed by atoms with E-state index < -0.39 is 0 Å². The number of aromatic nitrogens is 2. The lowest BCUT2D eigenvalue weighted by Gasteiger charge is -2.00. The van der Waals surface area contributed by atoms with Crippen LogP contribution >= 0.6 is 27.3 Å². The van der Waals surface area contributed by atoms with Gasteiger partial charge < -0.3 is 5.32 Å². The molecule has 0 bridgehead atoms. The number of nitrogens with zero attached hydrogens (tertiary/aromatic N) is 2. The number of anilines is 1. The fourth-order valence-electron chi connectivity index (χ4n) is 0.988. The first-order valence-electron chi connectivity index (χ1n) is 4.08. The molecule has 0 radical (unpaired) electrons. The Kier molecular flexibility index (Phi) is 3.08. The molecule has 0 saturated carbocycles. The van der Waals surface area contributed by atoms with Gasteiger partial charge >= 0.3 is 0 Å². The smallest absolute Gasteiger partial charge is 0.275 e. The van der Waals surface area contributed by atoms with E-state index in [0.29, 0.717) is 15.3 Å². The number of thiazole rings is 1. The number of nitrogens with one attached hydrogen (secondary N) is 1. The molecule has 2 rings (SSSR count). The minimum atomic E-state index is -0.232. The lowest BCUT2D eigenvalue weighted by molar-refractivity contribution is 0.102. The minimum absolute atomic E-state index is 0.232. The van der Waals surface area contributed by atoms with E-state index in [4.69, 9.17) is 0 Å². The van der Waals surface area contributed by atoms with Crippen LogP contribution in [0.1, 0.15) is 10.5 Å². The number of carbonyl (C=O) groups is 1. The Labute approximate surface area is 98.5 Å². The van der Waals surface area contributed by atoms with E-state index in [1.807, 2.05) is 0 Å². The van der Waals surface area contributed by atoms with E-state index in [1.54, 1.807) is 29.9 Å². The summed E-state index contributed by atoms with van der Waals surface area (Å²) >= 11 is 4.57. The largest absolute Gasteiger partial charge is 0.319 e. The van der Waals surface area contributed by atoms with Crippen LogP contribution in [0.2, 0.25) is 0 Å². The zero-order valence-corrected chi connectivity index (χ0v) is 9.88. The molecule has 4 nitrogen and oxygen atoms in total. The summed E-state index contributed by atoms with van der Waals surface area (Å²) in [4.78, 5) is 19.5. The molecular weight excluding hydrogens is 278 g/mol. The van der Waals surface area contributed by atoms with Crippen LogP contribution in [0.5, 0.6) is 0 Å². The molecule has 0 spiro atoms. The first-order valence-corrected chi connectivity index (χ1v) is 5.75. The molecule has 2 aromatic heterocycles. The molecule has 15 heavy (non-hydrogen) atoms. The highest BCUT2D eigenvalue weighted by atomic mass is 79.9. The van der Waals surface area contributed by atoms with Crippen molar-refractivity contribution in [2.45, 2.75) is 0 Å². The van der Waals surface area contributed by atoms with Gasteiger partial charge in [-0.3, -0.25) is 9.78 Å². The van der Waals surface area contributed by atoms with Crippen LogP contribution in [0.15, 0.2) is 33.8 Å². The van der Waals surface area contributed by atoms with Gasteiger partial charge in [0.05, 0.1) is 11.9 Å². The zero-order valence-electron chi connectivity index (χ0n) is 7.48. The summed E-state index contributed by atoms with van der Waals surface area (Å²) in [5.74, 6) is -0.232. The maximum atomic E-state index is 11.6. The average molecular weight is 284 g/mol. The summed E-state index contributed by atoms with van der Waals surface area (Å²) in [7, 11) is 0. The maximum absolute atomic E-state index is 11.6. The van der Waals surface area contributed by atoms with Crippen molar-refractivity contribution in [3.05, 3.63) is 39.5 Å². The Balaban J connectivity index is 2.11. The van der Waals surface area contributed by atoms with Crippen LogP contribution in [0.4, 0.5) is 5.69 Å². The molecule has 0 fully saturated rings. The van der Waals surface area contributed by atoms with Gasteiger partial charge in [-0.25, -0.2) is 4.98 Å². The number of pyridine rings is 1. The van der Waals surface area contributed by atoms with Crippen LogP contribution in [-0.4, -0.2) is 15.9 Å². The van der Waals surface area contributed by atoms with Crippen LogP contribution in [0.3, 0.4) is 0 Å². The third-order valence-electron chi connectivity index (χ3n) is 1.63. The third kappa shape index (κ3) is 2.60. The summed E-state index contributed by atoms with van der Waals surface area (Å²) in [5.41, 5.74) is 1.06. The molecular formula is C9H6BrN3OS.